The molecule has 2 aromatic rings. The normalized spacial score (nSPS) is 28.0. The number of carbonyl (C=O) groups excluding carboxylic acids is 2. The quantitative estimate of drug-likeness (QED) is 0.371. The van der Waals surface area contributed by atoms with Crippen LogP contribution in [0.15, 0.2) is 36.9 Å². The summed E-state index contributed by atoms with van der Waals surface area (Å²) in [6.07, 6.45) is 3.33. The molecule has 36 heavy (non-hydrogen) atoms. The summed E-state index contributed by atoms with van der Waals surface area (Å²) in [5.74, 6) is -2.53. The number of carbonyl (C=O) groups is 2. The molecule has 0 aliphatic carbocycles. The van der Waals surface area contributed by atoms with Crippen LogP contribution in [-0.2, 0) is 16.0 Å². The standard InChI is InChI=1S/C24H23Br2F2N5O3/c1-12-9-31-20-15(6-16(18(27)19(20)28)17-8-29-4-5-30-17)7-24(21(31)13(2)36-12)14(3)32(10-25)23(35)33(11-26)22(24)34/h4-6,8,12-13,21H,3,7,9-11H2,1-2H3/t12-,13?,21-,24?/m0/s1. The zero-order chi connectivity index (χ0) is 25.9. The molecule has 3 amide bonds. The molecule has 4 heterocycles. The summed E-state index contributed by atoms with van der Waals surface area (Å²) in [5.41, 5.74) is -0.388. The van der Waals surface area contributed by atoms with Crippen molar-refractivity contribution in [2.45, 2.75) is 38.5 Å². The minimum atomic E-state index is -1.37. The number of anilines is 1. The highest BCUT2D eigenvalue weighted by molar-refractivity contribution is 9.09. The topological polar surface area (TPSA) is 78.9 Å². The highest BCUT2D eigenvalue weighted by atomic mass is 79.9. The van der Waals surface area contributed by atoms with Gasteiger partial charge in [-0.25, -0.2) is 13.6 Å². The molecule has 1 spiro atoms. The average Bonchev–Trinajstić information content (AvgIpc) is 2.85. The van der Waals surface area contributed by atoms with E-state index in [0.717, 1.165) is 4.90 Å². The fraction of sp³-hybridized carbons (Fsp3) is 0.417. The van der Waals surface area contributed by atoms with Crippen molar-refractivity contribution < 1.29 is 23.1 Å². The van der Waals surface area contributed by atoms with E-state index in [2.05, 4.69) is 48.4 Å². The molecule has 12 heteroatoms. The molecule has 0 radical (unpaired) electrons. The first kappa shape index (κ1) is 25.2. The maximum absolute atomic E-state index is 15.8. The second kappa shape index (κ2) is 9.14. The van der Waals surface area contributed by atoms with Crippen LogP contribution in [0.4, 0.5) is 19.3 Å². The maximum atomic E-state index is 15.8. The third-order valence-electron chi connectivity index (χ3n) is 7.21. The van der Waals surface area contributed by atoms with Gasteiger partial charge in [0.05, 0.1) is 46.7 Å². The number of rotatable bonds is 3. The van der Waals surface area contributed by atoms with Crippen LogP contribution in [0.1, 0.15) is 19.4 Å². The van der Waals surface area contributed by atoms with Gasteiger partial charge < -0.3 is 9.64 Å². The molecule has 0 bridgehead atoms. The zero-order valence-corrected chi connectivity index (χ0v) is 22.7. The van der Waals surface area contributed by atoms with Crippen molar-refractivity contribution in [1.29, 1.82) is 0 Å². The third kappa shape index (κ3) is 3.44. The Balaban J connectivity index is 1.79. The van der Waals surface area contributed by atoms with E-state index < -0.39 is 41.1 Å². The molecule has 1 aromatic carbocycles. The molecule has 1 aromatic heterocycles. The number of nitrogens with zero attached hydrogens (tertiary/aromatic N) is 5. The summed E-state index contributed by atoms with van der Waals surface area (Å²) in [6.45, 7) is 8.06. The lowest BCUT2D eigenvalue weighted by Crippen LogP contribution is -2.72. The zero-order valence-electron chi connectivity index (χ0n) is 19.5. The van der Waals surface area contributed by atoms with Gasteiger partial charge in [-0.05, 0) is 31.9 Å². The SMILES string of the molecule is C=C1N(CBr)C(=O)N(CBr)C(=O)C12Cc1cc(-c3cnccn3)c(F)c(F)c1N1C[C@H](C)OC(C)[C@H]12. The number of morpholine rings is 1. The van der Waals surface area contributed by atoms with E-state index in [-0.39, 0.29) is 52.6 Å². The summed E-state index contributed by atoms with van der Waals surface area (Å²) >= 11 is 6.62. The Kier molecular flexibility index (Phi) is 6.40. The molecule has 2 fully saturated rings. The molecule has 4 atom stereocenters. The number of alkyl halides is 2. The number of benzene rings is 1. The minimum Gasteiger partial charge on any atom is -0.372 e. The number of hydrogen-bond acceptors (Lipinski definition) is 6. The third-order valence-corrected chi connectivity index (χ3v) is 8.21. The van der Waals surface area contributed by atoms with Crippen LogP contribution in [0.5, 0.6) is 0 Å². The fourth-order valence-corrected chi connectivity index (χ4v) is 6.79. The number of hydrogen-bond donors (Lipinski definition) is 0. The predicted molar refractivity (Wildman–Crippen MR) is 135 cm³/mol. The lowest BCUT2D eigenvalue weighted by molar-refractivity contribution is -0.147. The summed E-state index contributed by atoms with van der Waals surface area (Å²) in [4.78, 5) is 39.5. The van der Waals surface area contributed by atoms with E-state index in [9.17, 15) is 9.59 Å². The van der Waals surface area contributed by atoms with E-state index in [1.54, 1.807) is 11.8 Å². The lowest BCUT2D eigenvalue weighted by atomic mass is 9.64. The molecular formula is C24H23Br2F2N5O3. The lowest BCUT2D eigenvalue weighted by Gasteiger charge is -2.59. The highest BCUT2D eigenvalue weighted by Gasteiger charge is 2.63. The largest absolute Gasteiger partial charge is 0.372 e. The summed E-state index contributed by atoms with van der Waals surface area (Å²) in [6, 6.07) is 0.271. The van der Waals surface area contributed by atoms with Gasteiger partial charge in [0.1, 0.15) is 5.41 Å². The fourth-order valence-electron chi connectivity index (χ4n) is 5.83. The van der Waals surface area contributed by atoms with Gasteiger partial charge in [0.25, 0.3) is 0 Å². The smallest absolute Gasteiger partial charge is 0.332 e. The van der Waals surface area contributed by atoms with Crippen LogP contribution in [0.3, 0.4) is 0 Å². The Morgan fingerprint density at radius 3 is 2.53 bits per heavy atom. The number of urea groups is 1. The van der Waals surface area contributed by atoms with Gasteiger partial charge >= 0.3 is 6.03 Å². The molecule has 5 rings (SSSR count). The molecule has 3 aliphatic heterocycles. The van der Waals surface area contributed by atoms with Crippen molar-refractivity contribution in [3.63, 3.8) is 0 Å². The van der Waals surface area contributed by atoms with E-state index in [4.69, 9.17) is 4.74 Å². The molecule has 0 N–H and O–H groups in total. The predicted octanol–water partition coefficient (Wildman–Crippen LogP) is 4.43. The summed E-state index contributed by atoms with van der Waals surface area (Å²) < 4.78 is 37.4. The number of halogens is 4. The Labute approximate surface area is 223 Å². The number of fused-ring (bicyclic) bond motifs is 4. The molecule has 2 unspecified atom stereocenters. The number of ether oxygens (including phenoxy) is 1. The Morgan fingerprint density at radius 2 is 1.89 bits per heavy atom. The Hall–Kier alpha value is -2.44. The van der Waals surface area contributed by atoms with Crippen molar-refractivity contribution >= 4 is 49.5 Å². The van der Waals surface area contributed by atoms with Gasteiger partial charge in [-0.3, -0.25) is 24.6 Å². The molecular weight excluding hydrogens is 604 g/mol. The van der Waals surface area contributed by atoms with Crippen molar-refractivity contribution in [2.75, 3.05) is 22.4 Å². The van der Waals surface area contributed by atoms with E-state index in [1.165, 1.54) is 29.6 Å². The molecule has 0 saturated carbocycles. The van der Waals surface area contributed by atoms with Crippen LogP contribution in [0.25, 0.3) is 11.3 Å². The average molecular weight is 627 g/mol. The second-order valence-corrected chi connectivity index (χ2v) is 10.2. The number of amides is 3. The highest BCUT2D eigenvalue weighted by Crippen LogP contribution is 2.54. The molecule has 8 nitrogen and oxygen atoms in total. The summed E-state index contributed by atoms with van der Waals surface area (Å²) in [5, 5.41) is 0. The van der Waals surface area contributed by atoms with Crippen molar-refractivity contribution in [2.24, 2.45) is 5.41 Å². The minimum absolute atomic E-state index is 0.00596. The van der Waals surface area contributed by atoms with Gasteiger partial charge in [-0.1, -0.05) is 38.4 Å². The number of imide groups is 1. The van der Waals surface area contributed by atoms with Gasteiger partial charge in [-0.15, -0.1) is 0 Å². The molecule has 3 aliphatic rings. The number of aromatic nitrogens is 2. The molecule has 2 saturated heterocycles. The van der Waals surface area contributed by atoms with Crippen LogP contribution in [0, 0.1) is 17.0 Å². The summed E-state index contributed by atoms with van der Waals surface area (Å²) in [7, 11) is 0. The van der Waals surface area contributed by atoms with Gasteiger partial charge in [0.2, 0.25) is 5.91 Å². The van der Waals surface area contributed by atoms with Gasteiger partial charge in [0.15, 0.2) is 11.6 Å². The first-order valence-corrected chi connectivity index (χ1v) is 13.6. The van der Waals surface area contributed by atoms with E-state index >= 15 is 8.78 Å². The van der Waals surface area contributed by atoms with Crippen LogP contribution < -0.4 is 4.90 Å². The van der Waals surface area contributed by atoms with Gasteiger partial charge in [-0.2, -0.15) is 0 Å². The molecule has 190 valence electrons. The van der Waals surface area contributed by atoms with Gasteiger partial charge in [0, 0.05) is 30.2 Å². The Bertz CT molecular complexity index is 1240. The van der Waals surface area contributed by atoms with Crippen molar-refractivity contribution in [1.82, 2.24) is 19.8 Å². The first-order valence-electron chi connectivity index (χ1n) is 11.3. The van der Waals surface area contributed by atoms with Crippen molar-refractivity contribution in [3.8, 4) is 11.3 Å². The maximum Gasteiger partial charge on any atom is 0.332 e. The van der Waals surface area contributed by atoms with Crippen LogP contribution >= 0.6 is 31.9 Å². The second-order valence-electron chi connectivity index (χ2n) is 9.18. The van der Waals surface area contributed by atoms with Crippen molar-refractivity contribution in [3.05, 3.63) is 54.1 Å². The van der Waals surface area contributed by atoms with Crippen LogP contribution in [0.2, 0.25) is 0 Å². The van der Waals surface area contributed by atoms with Crippen LogP contribution in [-0.4, -0.2) is 67.4 Å². The van der Waals surface area contributed by atoms with E-state index in [0.29, 0.717) is 5.56 Å². The Morgan fingerprint density at radius 1 is 1.17 bits per heavy atom. The monoisotopic (exact) mass is 625 g/mol. The first-order chi connectivity index (χ1) is 17.2. The van der Waals surface area contributed by atoms with E-state index in [1.807, 2.05) is 6.92 Å².